The van der Waals surface area contributed by atoms with Gasteiger partial charge in [-0.15, -0.1) is 5.10 Å². The Balaban J connectivity index is 2.14. The minimum atomic E-state index is -0.326. The van der Waals surface area contributed by atoms with Gasteiger partial charge in [0.2, 0.25) is 0 Å². The van der Waals surface area contributed by atoms with Crippen molar-refractivity contribution in [2.24, 2.45) is 0 Å². The first kappa shape index (κ1) is 14.0. The van der Waals surface area contributed by atoms with Crippen LogP contribution in [0.25, 0.3) is 27.7 Å². The molecule has 0 amide bonds. The zero-order valence-corrected chi connectivity index (χ0v) is 13.3. The van der Waals surface area contributed by atoms with Crippen LogP contribution in [0.3, 0.4) is 0 Å². The molecule has 5 nitrogen and oxygen atoms in total. The summed E-state index contributed by atoms with van der Waals surface area (Å²) in [6.45, 7) is 3.80. The highest BCUT2D eigenvalue weighted by atomic mass is 35.5. The molecule has 2 aromatic carbocycles. The third-order valence-electron chi connectivity index (χ3n) is 3.93. The quantitative estimate of drug-likeness (QED) is 0.583. The smallest absolute Gasteiger partial charge is 0.305 e. The lowest BCUT2D eigenvalue weighted by molar-refractivity contribution is 0.863. The second kappa shape index (κ2) is 4.93. The number of aromatic nitrogens is 4. The number of benzene rings is 2. The molecule has 1 N–H and O–H groups in total. The third-order valence-corrected chi connectivity index (χ3v) is 4.24. The van der Waals surface area contributed by atoms with Gasteiger partial charge in [0.15, 0.2) is 5.65 Å². The van der Waals surface area contributed by atoms with E-state index in [0.29, 0.717) is 22.0 Å². The van der Waals surface area contributed by atoms with Crippen molar-refractivity contribution in [1.82, 2.24) is 19.6 Å². The Kier molecular flexibility index (Phi) is 2.99. The number of nitrogens with zero attached hydrogens (tertiary/aromatic N) is 3. The average Bonchev–Trinajstić information content (AvgIpc) is 2.90. The van der Waals surface area contributed by atoms with Crippen LogP contribution in [0.5, 0.6) is 0 Å². The lowest BCUT2D eigenvalue weighted by Gasteiger charge is -2.10. The molecule has 0 aliphatic carbocycles. The maximum absolute atomic E-state index is 12.1. The zero-order chi connectivity index (χ0) is 16.1. The Bertz CT molecular complexity index is 1130. The minimum Gasteiger partial charge on any atom is -0.305 e. The molecule has 0 aliphatic rings. The lowest BCUT2D eigenvalue weighted by Crippen LogP contribution is -2.17. The van der Waals surface area contributed by atoms with Gasteiger partial charge in [0.25, 0.3) is 0 Å². The molecule has 0 radical (unpaired) electrons. The van der Waals surface area contributed by atoms with Gasteiger partial charge in [-0.1, -0.05) is 35.9 Å². The molecule has 6 heteroatoms. The monoisotopic (exact) mass is 324 g/mol. The van der Waals surface area contributed by atoms with E-state index in [0.717, 1.165) is 22.1 Å². The van der Waals surface area contributed by atoms with E-state index in [-0.39, 0.29) is 5.69 Å². The molecule has 2 heterocycles. The normalized spacial score (nSPS) is 11.4. The molecule has 0 unspecified atom stereocenters. The van der Waals surface area contributed by atoms with Crippen molar-refractivity contribution in [1.29, 1.82) is 0 Å². The van der Waals surface area contributed by atoms with E-state index >= 15 is 0 Å². The molecule has 0 atom stereocenters. The second-order valence-electron chi connectivity index (χ2n) is 5.52. The van der Waals surface area contributed by atoms with Crippen LogP contribution in [0.1, 0.15) is 11.4 Å². The largest absolute Gasteiger partial charge is 0.348 e. The molecule has 4 rings (SSSR count). The second-order valence-corrected chi connectivity index (χ2v) is 5.92. The van der Waals surface area contributed by atoms with Crippen molar-refractivity contribution in [3.63, 3.8) is 0 Å². The van der Waals surface area contributed by atoms with Gasteiger partial charge in [-0.3, -0.25) is 0 Å². The van der Waals surface area contributed by atoms with Crippen LogP contribution in [0.4, 0.5) is 0 Å². The fraction of sp³-hybridized carbons (Fsp3) is 0.118. The van der Waals surface area contributed by atoms with Crippen LogP contribution in [0.2, 0.25) is 5.02 Å². The van der Waals surface area contributed by atoms with E-state index in [2.05, 4.69) is 15.1 Å². The van der Waals surface area contributed by atoms with Crippen molar-refractivity contribution < 1.29 is 0 Å². The van der Waals surface area contributed by atoms with Gasteiger partial charge < -0.3 is 4.98 Å². The number of rotatable bonds is 1. The first-order chi connectivity index (χ1) is 11.0. The Morgan fingerprint density at radius 3 is 2.70 bits per heavy atom. The van der Waals surface area contributed by atoms with Crippen LogP contribution < -0.4 is 5.69 Å². The molecular formula is C17H13ClN4O. The Labute approximate surface area is 136 Å². The van der Waals surface area contributed by atoms with E-state index in [9.17, 15) is 4.79 Å². The number of fused-ring (bicyclic) bond motifs is 3. The first-order valence-electron chi connectivity index (χ1n) is 7.19. The first-order valence-corrected chi connectivity index (χ1v) is 7.57. The van der Waals surface area contributed by atoms with Gasteiger partial charge in [0.05, 0.1) is 10.5 Å². The Hall–Kier alpha value is -2.66. The summed E-state index contributed by atoms with van der Waals surface area (Å²) in [6.07, 6.45) is 0. The lowest BCUT2D eigenvalue weighted by atomic mass is 9.99. The van der Waals surface area contributed by atoms with Crippen LogP contribution >= 0.6 is 11.6 Å². The van der Waals surface area contributed by atoms with Gasteiger partial charge in [0, 0.05) is 10.9 Å². The molecule has 0 fully saturated rings. The van der Waals surface area contributed by atoms with Crippen LogP contribution in [0.15, 0.2) is 41.2 Å². The topological polar surface area (TPSA) is 63.0 Å². The summed E-state index contributed by atoms with van der Waals surface area (Å²) in [5, 5.41) is 5.53. The van der Waals surface area contributed by atoms with E-state index in [1.54, 1.807) is 13.0 Å². The van der Waals surface area contributed by atoms with Gasteiger partial charge in [-0.05, 0) is 37.1 Å². The SMILES string of the molecule is Cc1nc2c3cc(-c4ccccc4C)c(Cl)cc3[nH]c(=O)n2n1. The van der Waals surface area contributed by atoms with E-state index in [1.807, 2.05) is 37.3 Å². The minimum absolute atomic E-state index is 0.326. The van der Waals surface area contributed by atoms with E-state index < -0.39 is 0 Å². The fourth-order valence-electron chi connectivity index (χ4n) is 2.84. The highest BCUT2D eigenvalue weighted by Gasteiger charge is 2.13. The predicted molar refractivity (Wildman–Crippen MR) is 91.0 cm³/mol. The van der Waals surface area contributed by atoms with E-state index in [1.165, 1.54) is 4.52 Å². The average molecular weight is 325 g/mol. The van der Waals surface area contributed by atoms with Gasteiger partial charge >= 0.3 is 5.69 Å². The summed E-state index contributed by atoms with van der Waals surface area (Å²) in [6, 6.07) is 11.8. The number of hydrogen-bond donors (Lipinski definition) is 1. The van der Waals surface area contributed by atoms with Crippen molar-refractivity contribution >= 4 is 28.2 Å². The number of aryl methyl sites for hydroxylation is 2. The molecule has 0 spiro atoms. The summed E-state index contributed by atoms with van der Waals surface area (Å²) in [4.78, 5) is 19.3. The highest BCUT2D eigenvalue weighted by Crippen LogP contribution is 2.34. The van der Waals surface area contributed by atoms with Gasteiger partial charge in [-0.2, -0.15) is 4.52 Å². The molecule has 114 valence electrons. The summed E-state index contributed by atoms with van der Waals surface area (Å²) >= 11 is 6.45. The number of aromatic amines is 1. The van der Waals surface area contributed by atoms with Crippen LogP contribution in [0, 0.1) is 13.8 Å². The molecular weight excluding hydrogens is 312 g/mol. The predicted octanol–water partition coefficient (Wildman–Crippen LogP) is 3.51. The number of nitrogens with one attached hydrogen (secondary N) is 1. The van der Waals surface area contributed by atoms with Crippen LogP contribution in [-0.4, -0.2) is 19.6 Å². The van der Waals surface area contributed by atoms with Crippen molar-refractivity contribution in [2.45, 2.75) is 13.8 Å². The number of hydrogen-bond acceptors (Lipinski definition) is 3. The van der Waals surface area contributed by atoms with Gasteiger partial charge in [0.1, 0.15) is 5.82 Å². The molecule has 0 saturated carbocycles. The summed E-state index contributed by atoms with van der Waals surface area (Å²) < 4.78 is 1.28. The summed E-state index contributed by atoms with van der Waals surface area (Å²) in [5.41, 5.74) is 3.96. The highest BCUT2D eigenvalue weighted by molar-refractivity contribution is 6.34. The van der Waals surface area contributed by atoms with Crippen LogP contribution in [-0.2, 0) is 0 Å². The summed E-state index contributed by atoms with van der Waals surface area (Å²) in [7, 11) is 0. The Morgan fingerprint density at radius 2 is 1.91 bits per heavy atom. The molecule has 0 saturated heterocycles. The van der Waals surface area contributed by atoms with Crippen molar-refractivity contribution in [2.75, 3.05) is 0 Å². The third kappa shape index (κ3) is 2.12. The summed E-state index contributed by atoms with van der Waals surface area (Å²) in [5.74, 6) is 0.551. The maximum Gasteiger partial charge on any atom is 0.348 e. The maximum atomic E-state index is 12.1. The van der Waals surface area contributed by atoms with E-state index in [4.69, 9.17) is 11.6 Å². The standard InChI is InChI=1S/C17H13ClN4O/c1-9-5-3-4-6-11(9)12-7-13-15(8-14(12)18)20-17(23)22-16(13)19-10(2)21-22/h3-8H,1-2H3,(H,20,23). The molecule has 4 aromatic rings. The fourth-order valence-corrected chi connectivity index (χ4v) is 3.11. The molecule has 23 heavy (non-hydrogen) atoms. The number of H-pyrrole nitrogens is 1. The molecule has 2 aromatic heterocycles. The Morgan fingerprint density at radius 1 is 1.13 bits per heavy atom. The zero-order valence-electron chi connectivity index (χ0n) is 12.6. The molecule has 0 bridgehead atoms. The van der Waals surface area contributed by atoms with Crippen molar-refractivity contribution in [3.05, 3.63) is 63.3 Å². The molecule has 0 aliphatic heterocycles. The number of halogens is 1. The van der Waals surface area contributed by atoms with Gasteiger partial charge in [-0.25, -0.2) is 9.78 Å². The van der Waals surface area contributed by atoms with Crippen molar-refractivity contribution in [3.8, 4) is 11.1 Å².